The molecule has 0 aromatic heterocycles. The number of nitrogens with two attached hydrogens (primary N) is 4. The number of hydrogen-bond donors (Lipinski definition) is 14. The Labute approximate surface area is 567 Å². The highest BCUT2D eigenvalue weighted by atomic mass is 32.2. The molecule has 528 valence electrons. The van der Waals surface area contributed by atoms with Crippen molar-refractivity contribution in [3.63, 3.8) is 0 Å². The largest absolute Gasteiger partial charge is 0.494 e. The van der Waals surface area contributed by atoms with Gasteiger partial charge in [-0.1, -0.05) is 48.5 Å². The zero-order valence-corrected chi connectivity index (χ0v) is 56.0. The lowest BCUT2D eigenvalue weighted by molar-refractivity contribution is -0.255. The number of carbonyl (C=O) groups excluding carboxylic acids is 12. The highest BCUT2D eigenvalue weighted by Crippen LogP contribution is 2.26. The summed E-state index contributed by atoms with van der Waals surface area (Å²) in [5.41, 5.74) is 24.2. The molecule has 33 nitrogen and oxygen atoms in total. The van der Waals surface area contributed by atoms with Crippen LogP contribution in [0.15, 0.2) is 58.7 Å². The van der Waals surface area contributed by atoms with E-state index < -0.39 is 157 Å². The van der Waals surface area contributed by atoms with Crippen LogP contribution in [0.5, 0.6) is 5.75 Å². The number of nitrogens with one attached hydrogen (secondary N) is 9. The number of amides is 11. The summed E-state index contributed by atoms with van der Waals surface area (Å²) >= 11 is 3.59. The summed E-state index contributed by atoms with van der Waals surface area (Å²) in [6.07, 6.45) is 1.67. The minimum absolute atomic E-state index is 0.0295. The second kappa shape index (κ2) is 43.2. The van der Waals surface area contributed by atoms with Crippen molar-refractivity contribution < 1.29 is 86.8 Å². The van der Waals surface area contributed by atoms with Crippen LogP contribution < -0.4 is 75.5 Å². The van der Waals surface area contributed by atoms with E-state index in [2.05, 4.69) is 67.8 Å². The Morgan fingerprint density at radius 2 is 1.20 bits per heavy atom. The monoisotopic (exact) mass is 1400 g/mol. The van der Waals surface area contributed by atoms with Crippen LogP contribution in [0.3, 0.4) is 0 Å². The summed E-state index contributed by atoms with van der Waals surface area (Å²) in [5, 5.41) is 36.4. The van der Waals surface area contributed by atoms with E-state index in [4.69, 9.17) is 32.5 Å². The molecular formula is C60H87N15O18S3. The fourth-order valence-corrected chi connectivity index (χ4v) is 11.9. The van der Waals surface area contributed by atoms with E-state index in [1.54, 1.807) is 55.6 Å². The van der Waals surface area contributed by atoms with Crippen molar-refractivity contribution in [1.82, 2.24) is 47.9 Å². The van der Waals surface area contributed by atoms with Gasteiger partial charge in [-0.2, -0.15) is 40.2 Å². The first-order chi connectivity index (χ1) is 45.9. The molecule has 0 saturated heterocycles. The first-order valence-electron chi connectivity index (χ1n) is 30.8. The first kappa shape index (κ1) is 79.5. The van der Waals surface area contributed by atoms with Crippen molar-refractivity contribution in [2.45, 2.75) is 156 Å². The standard InChI is InChI=1S/C60H87N15O18S3/c1-4-38-52(82)75-46-33-96-31-36-23-35(24-37(25-36)91-20-10-5-6-11-21-92-66-29-48(77)67-38)30-95-32-45(51(62)81)74-57(87)43(27-49(78)79)72-54(84)40(16-17-47(61)76)69-56(86)42(26-34-13-8-7-9-14-34)71-58(88)44(28-50(80)93-90-2)73-55(85)41(18-22-94-3)70-53(83)39(68-59(46)89)15-12-19-65-60(63)64/h7-9,13-14,23-25,29,38-46H,4-6,10-12,15-22,26-28,30-33H2,1-3H3,(H2,61,76)(H2,62,81)(H,67,77)(H,68,89)(H,69,86)(H,70,83)(H,71,88)(H,72,84)(H,73,85)(H,74,87)(H,75,82)(H,78,79)(H4,63,64,65)/b66-29+/t38-,39-,40-,41-,42-,43-,44-,45-,46-/m0/s1. The quantitative estimate of drug-likeness (QED) is 0.0230. The Morgan fingerprint density at radius 3 is 1.80 bits per heavy atom. The van der Waals surface area contributed by atoms with E-state index in [1.165, 1.54) is 23.5 Å². The molecule has 2 aromatic carbocycles. The average Bonchev–Trinajstić information content (AvgIpc) is 0.933. The highest BCUT2D eigenvalue weighted by molar-refractivity contribution is 7.99. The molecule has 18 N–H and O–H groups in total. The summed E-state index contributed by atoms with van der Waals surface area (Å²) < 4.78 is 6.23. The van der Waals surface area contributed by atoms with Gasteiger partial charge in [0.25, 0.3) is 5.91 Å². The molecular weight excluding hydrogens is 1310 g/mol. The van der Waals surface area contributed by atoms with Crippen LogP contribution in [-0.2, 0) is 94.9 Å². The molecule has 0 spiro atoms. The summed E-state index contributed by atoms with van der Waals surface area (Å²) in [7, 11) is 0.990. The summed E-state index contributed by atoms with van der Waals surface area (Å²) in [4.78, 5) is 198. The number of carboxylic acid groups (broad SMARTS) is 1. The molecule has 4 bridgehead atoms. The number of primary amides is 2. The molecule has 36 heteroatoms. The maximum Gasteiger partial charge on any atom is 0.344 e. The average molecular weight is 1400 g/mol. The van der Waals surface area contributed by atoms with Crippen LogP contribution in [0, 0.1) is 0 Å². The number of carboxylic acids is 1. The molecule has 11 amide bonds. The Bertz CT molecular complexity index is 3060. The number of aliphatic carboxylic acids is 1. The third-order valence-electron chi connectivity index (χ3n) is 14.4. The van der Waals surface area contributed by atoms with Crippen molar-refractivity contribution in [3.05, 3.63) is 65.2 Å². The van der Waals surface area contributed by atoms with E-state index in [0.717, 1.165) is 37.9 Å². The van der Waals surface area contributed by atoms with E-state index in [1.807, 2.05) is 6.07 Å². The molecule has 9 atom stereocenters. The van der Waals surface area contributed by atoms with E-state index >= 15 is 0 Å². The van der Waals surface area contributed by atoms with Gasteiger partial charge in [0.1, 0.15) is 72.9 Å². The number of carbonyl (C=O) groups is 13. The fraction of sp³-hybridized carbons (Fsp3) is 0.550. The van der Waals surface area contributed by atoms with Crippen molar-refractivity contribution in [2.75, 3.05) is 50.4 Å². The third kappa shape index (κ3) is 30.2. The number of hydrogen-bond acceptors (Lipinski definition) is 22. The Morgan fingerprint density at radius 1 is 0.646 bits per heavy atom. The van der Waals surface area contributed by atoms with Gasteiger partial charge in [0, 0.05) is 42.4 Å². The van der Waals surface area contributed by atoms with E-state index in [-0.39, 0.29) is 80.0 Å². The summed E-state index contributed by atoms with van der Waals surface area (Å²) in [6.45, 7) is 2.06. The SMILES string of the molecule is CC[C@@H]1NC(=O)/C=N/OCCCCCCOc2cc3cc(c2)CSC[C@H](NC1=O)C(=O)N[C@@H](CCCN=C(N)N)C(=O)N[C@@H](CCSC)C(=O)N[C@@H](CC(=O)OOC)C(=O)N[C@@H](Cc1ccccc1)C(=O)N[C@@H](CCC(N)=O)C(=O)N[C@@H](CC(=O)O)C(=O)N[C@H](C(N)=O)CSC3. The molecule has 2 aromatic rings. The van der Waals surface area contributed by atoms with E-state index in [9.17, 15) is 67.4 Å². The number of ether oxygens (including phenoxy) is 1. The van der Waals surface area contributed by atoms with Crippen LogP contribution in [0.2, 0.25) is 0 Å². The Kier molecular flexibility index (Phi) is 35.8. The molecule has 4 rings (SSSR count). The predicted molar refractivity (Wildman–Crippen MR) is 355 cm³/mol. The molecule has 0 fully saturated rings. The van der Waals surface area contributed by atoms with Gasteiger partial charge in [-0.15, -0.1) is 0 Å². The highest BCUT2D eigenvalue weighted by Gasteiger charge is 2.37. The Balaban J connectivity index is 1.92. The lowest BCUT2D eigenvalue weighted by Gasteiger charge is -2.28. The fourth-order valence-electron chi connectivity index (χ4n) is 9.41. The second-order valence-electron chi connectivity index (χ2n) is 22.1. The molecule has 2 aliphatic heterocycles. The van der Waals surface area contributed by atoms with Gasteiger partial charge in [-0.3, -0.25) is 67.4 Å². The number of nitrogens with zero attached hydrogens (tertiary/aromatic N) is 2. The van der Waals surface area contributed by atoms with Crippen LogP contribution in [0.4, 0.5) is 0 Å². The second-order valence-corrected chi connectivity index (χ2v) is 25.1. The third-order valence-corrected chi connectivity index (χ3v) is 17.2. The van der Waals surface area contributed by atoms with Gasteiger partial charge in [0.05, 0.1) is 26.6 Å². The number of aliphatic imine (C=N–C) groups is 1. The van der Waals surface area contributed by atoms with Gasteiger partial charge in [0.2, 0.25) is 59.1 Å². The van der Waals surface area contributed by atoms with Crippen molar-refractivity contribution in [3.8, 4) is 5.75 Å². The zero-order valence-electron chi connectivity index (χ0n) is 53.6. The van der Waals surface area contributed by atoms with Gasteiger partial charge >= 0.3 is 11.9 Å². The molecule has 0 saturated carbocycles. The smallest absolute Gasteiger partial charge is 0.344 e. The van der Waals surface area contributed by atoms with Gasteiger partial charge in [0.15, 0.2) is 5.96 Å². The Hall–Kier alpha value is -8.90. The minimum atomic E-state index is -1.93. The van der Waals surface area contributed by atoms with Gasteiger partial charge in [-0.25, -0.2) is 4.79 Å². The molecule has 96 heavy (non-hydrogen) atoms. The van der Waals surface area contributed by atoms with Crippen LogP contribution in [0.1, 0.15) is 101 Å². The summed E-state index contributed by atoms with van der Waals surface area (Å²) in [5.74, 6) is -13.5. The van der Waals surface area contributed by atoms with Crippen LogP contribution in [0.25, 0.3) is 0 Å². The van der Waals surface area contributed by atoms with E-state index in [0.29, 0.717) is 41.9 Å². The number of oxime groups is 1. The normalized spacial score (nSPS) is 23.6. The lowest BCUT2D eigenvalue weighted by Crippen LogP contribution is -2.61. The number of benzene rings is 2. The van der Waals surface area contributed by atoms with Crippen LogP contribution >= 0.6 is 35.3 Å². The molecule has 2 heterocycles. The number of rotatable bonds is 19. The number of guanidine groups is 1. The molecule has 0 radical (unpaired) electrons. The topological polar surface area (TPSA) is 516 Å². The van der Waals surface area contributed by atoms with Crippen molar-refractivity contribution in [1.29, 1.82) is 0 Å². The van der Waals surface area contributed by atoms with Crippen molar-refractivity contribution in [2.24, 2.45) is 33.1 Å². The molecule has 0 aliphatic carbocycles. The maximum atomic E-state index is 14.8. The van der Waals surface area contributed by atoms with Crippen LogP contribution in [-0.4, -0.2) is 199 Å². The lowest BCUT2D eigenvalue weighted by atomic mass is 10.0. The molecule has 0 unspecified atom stereocenters. The zero-order chi connectivity index (χ0) is 70.5. The molecule has 2 aliphatic rings. The van der Waals surface area contributed by atoms with Gasteiger partial charge in [-0.05, 0) is 98.6 Å². The number of thioether (sulfide) groups is 3. The minimum Gasteiger partial charge on any atom is -0.494 e. The number of fused-ring (bicyclic) bond motifs is 5. The first-order valence-corrected chi connectivity index (χ1v) is 34.5. The maximum absolute atomic E-state index is 14.8. The summed E-state index contributed by atoms with van der Waals surface area (Å²) in [6, 6.07) is -1.06. The van der Waals surface area contributed by atoms with Crippen molar-refractivity contribution >= 4 is 124 Å². The van der Waals surface area contributed by atoms with Gasteiger partial charge < -0.3 is 85.5 Å². The predicted octanol–water partition coefficient (Wildman–Crippen LogP) is -2.34.